The molecule has 4 nitrogen and oxygen atoms in total. The second-order valence-electron chi connectivity index (χ2n) is 8.80. The molecule has 0 spiro atoms. The molecule has 2 heterocycles. The van der Waals surface area contributed by atoms with Crippen molar-refractivity contribution in [2.24, 2.45) is 5.92 Å². The summed E-state index contributed by atoms with van der Waals surface area (Å²) in [6.45, 7) is 5.97. The first-order valence-electron chi connectivity index (χ1n) is 11.5. The molecule has 3 aromatic rings. The van der Waals surface area contributed by atoms with Crippen LogP contribution >= 0.6 is 11.3 Å². The van der Waals surface area contributed by atoms with Gasteiger partial charge in [-0.25, -0.2) is 4.98 Å². The lowest BCUT2D eigenvalue weighted by atomic mass is 9.84. The monoisotopic (exact) mass is 420 g/mol. The number of anilines is 2. The molecule has 30 heavy (non-hydrogen) atoms. The van der Waals surface area contributed by atoms with Crippen molar-refractivity contribution in [3.63, 3.8) is 0 Å². The third kappa shape index (κ3) is 4.79. The van der Waals surface area contributed by atoms with Gasteiger partial charge in [-0.05, 0) is 68.8 Å². The topological polar surface area (TPSA) is 31.4 Å². The number of aromatic nitrogens is 1. The third-order valence-corrected chi connectivity index (χ3v) is 7.78. The van der Waals surface area contributed by atoms with Gasteiger partial charge in [0.1, 0.15) is 0 Å². The zero-order valence-corrected chi connectivity index (χ0v) is 18.5. The average Bonchev–Trinajstić information content (AvgIpc) is 3.22. The van der Waals surface area contributed by atoms with E-state index in [-0.39, 0.29) is 0 Å². The molecule has 2 aromatic carbocycles. The number of hydrogen-bond acceptors (Lipinski definition) is 5. The van der Waals surface area contributed by atoms with Gasteiger partial charge < -0.3 is 10.2 Å². The molecule has 0 radical (unpaired) electrons. The summed E-state index contributed by atoms with van der Waals surface area (Å²) in [7, 11) is 0. The lowest BCUT2D eigenvalue weighted by Crippen LogP contribution is -2.47. The Morgan fingerprint density at radius 3 is 2.37 bits per heavy atom. The fourth-order valence-electron chi connectivity index (χ4n) is 4.94. The van der Waals surface area contributed by atoms with E-state index >= 15 is 0 Å². The van der Waals surface area contributed by atoms with Crippen LogP contribution in [0, 0.1) is 5.92 Å². The normalized spacial score (nSPS) is 23.0. The van der Waals surface area contributed by atoms with E-state index < -0.39 is 0 Å². The fourth-order valence-corrected chi connectivity index (χ4v) is 5.88. The largest absolute Gasteiger partial charge is 0.369 e. The SMILES string of the molecule is c1ccc(N2CCN(CC[C@H]3CC[C@H](Nc4nc5ccccc5s4)CC3)CC2)cc1. The average molecular weight is 421 g/mol. The highest BCUT2D eigenvalue weighted by Gasteiger charge is 2.23. The summed E-state index contributed by atoms with van der Waals surface area (Å²) < 4.78 is 1.28. The molecule has 2 aliphatic rings. The molecule has 1 aliphatic carbocycles. The summed E-state index contributed by atoms with van der Waals surface area (Å²) in [5.41, 5.74) is 2.49. The summed E-state index contributed by atoms with van der Waals surface area (Å²) in [5, 5.41) is 4.80. The molecule has 1 saturated carbocycles. The quantitative estimate of drug-likeness (QED) is 0.572. The number of rotatable bonds is 6. The second kappa shape index (κ2) is 9.36. The van der Waals surface area contributed by atoms with Crippen LogP contribution in [0.15, 0.2) is 54.6 Å². The molecule has 0 unspecified atom stereocenters. The lowest BCUT2D eigenvalue weighted by Gasteiger charge is -2.37. The number of nitrogens with zero attached hydrogens (tertiary/aromatic N) is 3. The molecule has 1 aliphatic heterocycles. The number of thiazole rings is 1. The van der Waals surface area contributed by atoms with E-state index in [0.29, 0.717) is 6.04 Å². The van der Waals surface area contributed by atoms with E-state index in [4.69, 9.17) is 4.98 Å². The summed E-state index contributed by atoms with van der Waals surface area (Å²) in [4.78, 5) is 9.94. The smallest absolute Gasteiger partial charge is 0.184 e. The molecule has 2 fully saturated rings. The summed E-state index contributed by atoms with van der Waals surface area (Å²) in [5.74, 6) is 0.894. The Morgan fingerprint density at radius 2 is 1.60 bits per heavy atom. The Bertz CT molecular complexity index is 891. The van der Waals surface area contributed by atoms with Crippen LogP contribution in [-0.4, -0.2) is 48.6 Å². The molecular weight excluding hydrogens is 388 g/mol. The number of para-hydroxylation sites is 2. The van der Waals surface area contributed by atoms with Gasteiger partial charge in [0.05, 0.1) is 10.2 Å². The molecule has 1 N–H and O–H groups in total. The maximum absolute atomic E-state index is 4.75. The molecule has 0 bridgehead atoms. The maximum Gasteiger partial charge on any atom is 0.184 e. The van der Waals surface area contributed by atoms with E-state index in [2.05, 4.69) is 69.7 Å². The number of piperazine rings is 1. The van der Waals surface area contributed by atoms with Crippen LogP contribution in [0.3, 0.4) is 0 Å². The first kappa shape index (κ1) is 19.8. The predicted molar refractivity (Wildman–Crippen MR) is 129 cm³/mol. The van der Waals surface area contributed by atoms with Gasteiger partial charge in [-0.1, -0.05) is 41.7 Å². The molecule has 0 amide bonds. The zero-order valence-electron chi connectivity index (χ0n) is 17.7. The van der Waals surface area contributed by atoms with Crippen molar-refractivity contribution >= 4 is 32.4 Å². The zero-order chi connectivity index (χ0) is 20.2. The second-order valence-corrected chi connectivity index (χ2v) is 9.83. The minimum Gasteiger partial charge on any atom is -0.369 e. The van der Waals surface area contributed by atoms with Crippen LogP contribution in [0.25, 0.3) is 10.2 Å². The van der Waals surface area contributed by atoms with E-state index in [1.54, 1.807) is 11.3 Å². The Kier molecular flexibility index (Phi) is 6.18. The van der Waals surface area contributed by atoms with Gasteiger partial charge in [0, 0.05) is 37.9 Å². The van der Waals surface area contributed by atoms with Crippen LogP contribution in [0.4, 0.5) is 10.8 Å². The predicted octanol–water partition coefficient (Wildman–Crippen LogP) is 5.48. The molecule has 1 saturated heterocycles. The fraction of sp³-hybridized carbons (Fsp3) is 0.480. The van der Waals surface area contributed by atoms with Gasteiger partial charge in [-0.15, -0.1) is 0 Å². The lowest BCUT2D eigenvalue weighted by molar-refractivity contribution is 0.218. The first-order chi connectivity index (χ1) is 14.8. The third-order valence-electron chi connectivity index (χ3n) is 6.82. The standard InChI is InChI=1S/C25H32N4S/c1-2-6-22(7-3-1)29-18-16-28(17-19-29)15-14-20-10-12-21(13-11-20)26-25-27-23-8-4-5-9-24(23)30-25/h1-9,20-21H,10-19H2,(H,26,27)/t20-,21-. The van der Waals surface area contributed by atoms with Gasteiger partial charge in [0.25, 0.3) is 0 Å². The number of benzene rings is 2. The summed E-state index contributed by atoms with van der Waals surface area (Å²) in [6.07, 6.45) is 6.63. The number of nitrogens with one attached hydrogen (secondary N) is 1. The Balaban J connectivity index is 1.02. The Hall–Kier alpha value is -2.11. The molecule has 0 atom stereocenters. The molecule has 1 aromatic heterocycles. The van der Waals surface area contributed by atoms with Crippen molar-refractivity contribution in [1.29, 1.82) is 0 Å². The van der Waals surface area contributed by atoms with Crippen LogP contribution in [0.2, 0.25) is 0 Å². The van der Waals surface area contributed by atoms with Gasteiger partial charge in [0.2, 0.25) is 0 Å². The first-order valence-corrected chi connectivity index (χ1v) is 12.3. The highest BCUT2D eigenvalue weighted by Crippen LogP contribution is 2.32. The van der Waals surface area contributed by atoms with E-state index in [0.717, 1.165) is 29.7 Å². The summed E-state index contributed by atoms with van der Waals surface area (Å²) >= 11 is 1.79. The van der Waals surface area contributed by atoms with Crippen molar-refractivity contribution in [2.45, 2.75) is 38.1 Å². The molecule has 5 rings (SSSR count). The van der Waals surface area contributed by atoms with Crippen molar-refractivity contribution in [2.75, 3.05) is 42.9 Å². The molecule has 158 valence electrons. The van der Waals surface area contributed by atoms with Crippen molar-refractivity contribution in [3.05, 3.63) is 54.6 Å². The van der Waals surface area contributed by atoms with Gasteiger partial charge in [-0.2, -0.15) is 0 Å². The van der Waals surface area contributed by atoms with Crippen molar-refractivity contribution in [3.8, 4) is 0 Å². The molecule has 5 heteroatoms. The van der Waals surface area contributed by atoms with Crippen LogP contribution in [0.1, 0.15) is 32.1 Å². The van der Waals surface area contributed by atoms with Crippen LogP contribution in [0.5, 0.6) is 0 Å². The molecular formula is C25H32N4S. The Morgan fingerprint density at radius 1 is 0.867 bits per heavy atom. The van der Waals surface area contributed by atoms with Crippen LogP contribution in [-0.2, 0) is 0 Å². The van der Waals surface area contributed by atoms with Gasteiger partial charge >= 0.3 is 0 Å². The summed E-state index contributed by atoms with van der Waals surface area (Å²) in [6, 6.07) is 19.9. The van der Waals surface area contributed by atoms with Crippen LogP contribution < -0.4 is 10.2 Å². The number of hydrogen-bond donors (Lipinski definition) is 1. The van der Waals surface area contributed by atoms with Crippen molar-refractivity contribution < 1.29 is 0 Å². The van der Waals surface area contributed by atoms with Crippen molar-refractivity contribution in [1.82, 2.24) is 9.88 Å². The highest BCUT2D eigenvalue weighted by molar-refractivity contribution is 7.22. The van der Waals surface area contributed by atoms with E-state index in [9.17, 15) is 0 Å². The van der Waals surface area contributed by atoms with Gasteiger partial charge in [0.15, 0.2) is 5.13 Å². The maximum atomic E-state index is 4.75. The van der Waals surface area contributed by atoms with E-state index in [1.165, 1.54) is 62.1 Å². The minimum absolute atomic E-state index is 0.594. The van der Waals surface area contributed by atoms with E-state index in [1.807, 2.05) is 0 Å². The minimum atomic E-state index is 0.594. The number of fused-ring (bicyclic) bond motifs is 1. The Labute approximate surface area is 183 Å². The highest BCUT2D eigenvalue weighted by atomic mass is 32.1. The van der Waals surface area contributed by atoms with Gasteiger partial charge in [-0.3, -0.25) is 4.90 Å².